The number of halogens is 18. The van der Waals surface area contributed by atoms with E-state index in [4.69, 9.17) is 18.9 Å². The predicted octanol–water partition coefficient (Wildman–Crippen LogP) is 23.4. The molecule has 0 heterocycles. The monoisotopic (exact) mass is 1460 g/mol. The van der Waals surface area contributed by atoms with Crippen LogP contribution in [0.2, 0.25) is 0 Å². The molecule has 7 nitrogen and oxygen atoms in total. The topological polar surface area (TPSA) is 88.1 Å². The van der Waals surface area contributed by atoms with Crippen LogP contribution < -0.4 is 18.9 Å². The summed E-state index contributed by atoms with van der Waals surface area (Å²) in [5, 5.41) is 0. The maximum Gasteiger partial charge on any atom is 0.411 e. The SMILES string of the molecule is Cc1ccc(C(=O)c2ccc(Oc3ccc(C(c4ccc(Oc5ccc(C(=O)c6ccc(Oc7ccc(C(c8cccc(C(c9ccc(Oc%10ccc(C(=O)c%11ccc(C)cc%11)cc%10)cc9)(C(F)(F)F)C(F)(F)F)c8)(C(F)(F)F)C(F)(F)F)cc7)cc6)cc5)cc4)(C(F)(F)F)C(F)(F)F)cc3)cc2)cc1. The Bertz CT molecular complexity index is 4870. The zero-order chi connectivity index (χ0) is 75.9. The number of carbonyl (C=O) groups is 3. The Morgan fingerprint density at radius 2 is 0.362 bits per heavy atom. The summed E-state index contributed by atoms with van der Waals surface area (Å²) in [7, 11) is 0. The molecular formula is C80H50F18O7. The van der Waals surface area contributed by atoms with Gasteiger partial charge in [0.15, 0.2) is 17.3 Å². The summed E-state index contributed by atoms with van der Waals surface area (Å²) in [6, 6.07) is 43.9. The summed E-state index contributed by atoms with van der Waals surface area (Å²) < 4.78 is 299. The molecule has 0 saturated heterocycles. The number of aryl methyl sites for hydroxylation is 2. The van der Waals surface area contributed by atoms with Crippen LogP contribution >= 0.6 is 0 Å². The molecule has 11 rings (SSSR count). The van der Waals surface area contributed by atoms with Crippen molar-refractivity contribution in [3.63, 3.8) is 0 Å². The molecule has 0 saturated carbocycles. The maximum absolute atomic E-state index is 15.5. The molecule has 0 aliphatic heterocycles. The van der Waals surface area contributed by atoms with Crippen molar-refractivity contribution in [1.82, 2.24) is 0 Å². The lowest BCUT2D eigenvalue weighted by molar-refractivity contribution is -0.291. The van der Waals surface area contributed by atoms with E-state index in [2.05, 4.69) is 0 Å². The fourth-order valence-electron chi connectivity index (χ4n) is 12.2. The quantitative estimate of drug-likeness (QED) is 0.0555. The van der Waals surface area contributed by atoms with Gasteiger partial charge < -0.3 is 18.9 Å². The van der Waals surface area contributed by atoms with Crippen LogP contribution in [0, 0.1) is 13.8 Å². The van der Waals surface area contributed by atoms with Crippen LogP contribution in [-0.2, 0) is 16.2 Å². The summed E-state index contributed by atoms with van der Waals surface area (Å²) in [5.74, 6) is -2.55. The van der Waals surface area contributed by atoms with Crippen LogP contribution in [0.25, 0.3) is 0 Å². The average molecular weight is 1470 g/mol. The van der Waals surface area contributed by atoms with Gasteiger partial charge in [0.2, 0.25) is 16.2 Å². The van der Waals surface area contributed by atoms with E-state index in [-0.39, 0.29) is 98.8 Å². The van der Waals surface area contributed by atoms with Crippen LogP contribution in [0.15, 0.2) is 267 Å². The van der Waals surface area contributed by atoms with Gasteiger partial charge in [0.05, 0.1) is 0 Å². The molecule has 0 amide bonds. The van der Waals surface area contributed by atoms with Crippen molar-refractivity contribution in [2.24, 2.45) is 0 Å². The number of benzene rings is 11. The van der Waals surface area contributed by atoms with E-state index >= 15 is 79.0 Å². The molecule has 0 aliphatic rings. The second-order valence-corrected chi connectivity index (χ2v) is 24.1. The van der Waals surface area contributed by atoms with Crippen molar-refractivity contribution in [1.29, 1.82) is 0 Å². The second-order valence-electron chi connectivity index (χ2n) is 24.1. The van der Waals surface area contributed by atoms with Crippen LogP contribution in [0.1, 0.15) is 92.3 Å². The molecule has 11 aromatic carbocycles. The second kappa shape index (κ2) is 28.2. The molecule has 0 spiro atoms. The zero-order valence-electron chi connectivity index (χ0n) is 54.1. The highest BCUT2D eigenvalue weighted by Gasteiger charge is 2.76. The van der Waals surface area contributed by atoms with Gasteiger partial charge in [0.1, 0.15) is 46.0 Å². The Labute approximate surface area is 585 Å². The normalized spacial score (nSPS) is 12.7. The zero-order valence-corrected chi connectivity index (χ0v) is 54.1. The van der Waals surface area contributed by atoms with E-state index in [0.717, 1.165) is 35.4 Å². The van der Waals surface area contributed by atoms with Gasteiger partial charge in [-0.3, -0.25) is 14.4 Å². The van der Waals surface area contributed by atoms with Crippen molar-refractivity contribution in [3.05, 3.63) is 345 Å². The first kappa shape index (κ1) is 74.6. The van der Waals surface area contributed by atoms with E-state index in [9.17, 15) is 14.4 Å². The molecular weight excluding hydrogens is 1410 g/mol. The van der Waals surface area contributed by atoms with E-state index in [0.29, 0.717) is 77.4 Å². The average Bonchev–Trinajstić information content (AvgIpc) is 0.660. The first-order chi connectivity index (χ1) is 49.3. The van der Waals surface area contributed by atoms with Gasteiger partial charge in [-0.1, -0.05) is 132 Å². The summed E-state index contributed by atoms with van der Waals surface area (Å²) in [5.41, 5.74) is -22.0. The van der Waals surface area contributed by atoms with Crippen LogP contribution in [0.4, 0.5) is 79.0 Å². The number of hydrogen-bond acceptors (Lipinski definition) is 7. The van der Waals surface area contributed by atoms with Gasteiger partial charge in [0.25, 0.3) is 0 Å². The minimum absolute atomic E-state index is 0.00135. The summed E-state index contributed by atoms with van der Waals surface area (Å²) >= 11 is 0. The Hall–Kier alpha value is -11.6. The first-order valence-corrected chi connectivity index (χ1v) is 31.2. The summed E-state index contributed by atoms with van der Waals surface area (Å²) in [6.45, 7) is 3.66. The van der Waals surface area contributed by atoms with Crippen LogP contribution in [0.3, 0.4) is 0 Å². The van der Waals surface area contributed by atoms with Gasteiger partial charge in [-0.25, -0.2) is 0 Å². The third-order valence-corrected chi connectivity index (χ3v) is 17.5. The highest BCUT2D eigenvalue weighted by Crippen LogP contribution is 2.61. The molecule has 0 radical (unpaired) electrons. The van der Waals surface area contributed by atoms with Crippen molar-refractivity contribution >= 4 is 17.3 Å². The Morgan fingerprint density at radius 1 is 0.210 bits per heavy atom. The largest absolute Gasteiger partial charge is 0.457 e. The smallest absolute Gasteiger partial charge is 0.411 e. The minimum atomic E-state index is -6.52. The molecule has 538 valence electrons. The van der Waals surface area contributed by atoms with Crippen LogP contribution in [0.5, 0.6) is 46.0 Å². The number of rotatable bonds is 20. The standard InChI is InChI=1S/C80H50F18O7/c1-47-6-10-49(11-7-47)69(99)51-14-30-61(31-15-51)102-65-38-22-55(23-39-65)72(75(81,82)83,76(84,85)86)56-24-40-66(41-25-56)103-63-34-18-53(19-35-63)71(101)54-20-36-64(37-21-54)105-68-44-28-58(29-45-68)74(79(93,94)95,80(96,97)98)60-5-3-4-59(46-60)73(77(87,88)89,78(90,91)92)57-26-42-67(43-27-57)104-62-32-16-52(17-33-62)70(100)50-12-8-48(2)9-13-50/h3-46H,1-2H3. The maximum atomic E-state index is 15.5. The van der Waals surface area contributed by atoms with Crippen molar-refractivity contribution in [3.8, 4) is 46.0 Å². The number of alkyl halides is 18. The lowest BCUT2D eigenvalue weighted by Gasteiger charge is -2.41. The van der Waals surface area contributed by atoms with Crippen molar-refractivity contribution in [2.45, 2.75) is 67.2 Å². The number of carbonyl (C=O) groups excluding carboxylic acids is 3. The molecule has 105 heavy (non-hydrogen) atoms. The number of ketones is 3. The molecule has 0 N–H and O–H groups in total. The van der Waals surface area contributed by atoms with E-state index in [1.165, 1.54) is 97.1 Å². The fourth-order valence-corrected chi connectivity index (χ4v) is 12.2. The predicted molar refractivity (Wildman–Crippen MR) is 350 cm³/mol. The molecule has 11 aromatic rings. The van der Waals surface area contributed by atoms with Gasteiger partial charge in [0, 0.05) is 33.4 Å². The first-order valence-electron chi connectivity index (χ1n) is 31.2. The third-order valence-electron chi connectivity index (χ3n) is 17.5. The van der Waals surface area contributed by atoms with Crippen molar-refractivity contribution < 1.29 is 112 Å². The third kappa shape index (κ3) is 14.5. The van der Waals surface area contributed by atoms with Gasteiger partial charge in [-0.15, -0.1) is 0 Å². The van der Waals surface area contributed by atoms with Crippen LogP contribution in [-0.4, -0.2) is 54.4 Å². The van der Waals surface area contributed by atoms with Gasteiger partial charge in [-0.2, -0.15) is 79.0 Å². The Morgan fingerprint density at radius 3 is 0.533 bits per heavy atom. The molecule has 0 atom stereocenters. The van der Waals surface area contributed by atoms with Crippen molar-refractivity contribution in [2.75, 3.05) is 0 Å². The molecule has 0 aromatic heterocycles. The Kier molecular flexibility index (Phi) is 20.0. The van der Waals surface area contributed by atoms with E-state index in [1.54, 1.807) is 48.5 Å². The fraction of sp³-hybridized carbons (Fsp3) is 0.138. The molecule has 25 heteroatoms. The minimum Gasteiger partial charge on any atom is -0.457 e. The van der Waals surface area contributed by atoms with Gasteiger partial charge in [-0.05, 0) is 193 Å². The summed E-state index contributed by atoms with van der Waals surface area (Å²) in [6.07, 6.45) is -37.9. The lowest BCUT2D eigenvalue weighted by Crippen LogP contribution is -2.56. The number of hydrogen-bond donors (Lipinski definition) is 0. The highest BCUT2D eigenvalue weighted by atomic mass is 19.4. The molecule has 0 aliphatic carbocycles. The number of ether oxygens (including phenoxy) is 4. The molecule has 0 fully saturated rings. The highest BCUT2D eigenvalue weighted by molar-refractivity contribution is 6.10. The lowest BCUT2D eigenvalue weighted by atomic mass is 9.68. The van der Waals surface area contributed by atoms with E-state index < -0.39 is 104 Å². The summed E-state index contributed by atoms with van der Waals surface area (Å²) in [4.78, 5) is 39.4. The van der Waals surface area contributed by atoms with E-state index in [1.807, 2.05) is 13.8 Å². The van der Waals surface area contributed by atoms with Gasteiger partial charge >= 0.3 is 37.1 Å². The Balaban J connectivity index is 0.766. The molecule has 0 bridgehead atoms. The molecule has 0 unspecified atom stereocenters.